The van der Waals surface area contributed by atoms with Crippen molar-refractivity contribution in [1.82, 2.24) is 20.0 Å². The number of hydrogen-bond donors (Lipinski definition) is 1. The van der Waals surface area contributed by atoms with Gasteiger partial charge in [-0.3, -0.25) is 9.69 Å². The summed E-state index contributed by atoms with van der Waals surface area (Å²) in [5, 5.41) is 14.2. The number of nitrogens with zero attached hydrogens (tertiary/aromatic N) is 4. The first-order valence-corrected chi connectivity index (χ1v) is 16.4. The summed E-state index contributed by atoms with van der Waals surface area (Å²) in [6, 6.07) is 20.5. The highest BCUT2D eigenvalue weighted by Gasteiger charge is 2.34. The number of hydrogen-bond acceptors (Lipinski definition) is 6. The van der Waals surface area contributed by atoms with Crippen LogP contribution in [0.15, 0.2) is 60.7 Å². The normalized spacial score (nSPS) is 17.2. The Bertz CT molecular complexity index is 1550. The van der Waals surface area contributed by atoms with Gasteiger partial charge in [-0.25, -0.2) is 9.18 Å². The van der Waals surface area contributed by atoms with Crippen LogP contribution in [0, 0.1) is 23.1 Å². The second-order valence-corrected chi connectivity index (χ2v) is 13.9. The lowest BCUT2D eigenvalue weighted by atomic mass is 9.92. The van der Waals surface area contributed by atoms with Crippen LogP contribution >= 0.6 is 0 Å². The molecule has 46 heavy (non-hydrogen) atoms. The molecule has 9 heteroatoms. The van der Waals surface area contributed by atoms with Gasteiger partial charge in [0, 0.05) is 50.7 Å². The van der Waals surface area contributed by atoms with Crippen LogP contribution < -0.4 is 5.32 Å². The fraction of sp³-hybridized carbons (Fsp3) is 0.486. The number of benzene rings is 3. The molecule has 8 nitrogen and oxygen atoms in total. The molecule has 244 valence electrons. The third-order valence-corrected chi connectivity index (χ3v) is 9.23. The molecule has 0 bridgehead atoms. The fourth-order valence-corrected chi connectivity index (χ4v) is 6.63. The number of halogens is 1. The van der Waals surface area contributed by atoms with Crippen LogP contribution in [0.25, 0.3) is 10.8 Å². The van der Waals surface area contributed by atoms with Gasteiger partial charge in [-0.2, -0.15) is 5.26 Å². The van der Waals surface area contributed by atoms with E-state index in [1.54, 1.807) is 24.1 Å². The van der Waals surface area contributed by atoms with Crippen molar-refractivity contribution in [2.75, 3.05) is 52.9 Å². The van der Waals surface area contributed by atoms with Crippen molar-refractivity contribution in [2.24, 2.45) is 5.92 Å². The van der Waals surface area contributed by atoms with Gasteiger partial charge in [0.15, 0.2) is 0 Å². The van der Waals surface area contributed by atoms with E-state index >= 15 is 0 Å². The average Bonchev–Trinajstić information content (AvgIpc) is 3.01. The molecule has 2 aliphatic rings. The number of piperidine rings is 1. The number of rotatable bonds is 10. The topological polar surface area (TPSA) is 88.9 Å². The number of carbonyl (C=O) groups is 2. The van der Waals surface area contributed by atoms with Gasteiger partial charge in [-0.1, -0.05) is 36.4 Å². The zero-order chi connectivity index (χ0) is 32.8. The van der Waals surface area contributed by atoms with Gasteiger partial charge in [0.1, 0.15) is 11.4 Å². The number of amides is 2. The zero-order valence-electron chi connectivity index (χ0n) is 27.5. The van der Waals surface area contributed by atoms with Gasteiger partial charge in [0.05, 0.1) is 11.6 Å². The minimum absolute atomic E-state index is 0.0345. The van der Waals surface area contributed by atoms with Crippen LogP contribution in [-0.4, -0.2) is 91.2 Å². The molecule has 1 atom stereocenters. The molecule has 0 radical (unpaired) electrons. The van der Waals surface area contributed by atoms with Crippen molar-refractivity contribution in [3.05, 3.63) is 83.2 Å². The number of carbonyl (C=O) groups excluding carboxylic acids is 2. The van der Waals surface area contributed by atoms with Crippen molar-refractivity contribution < 1.29 is 18.7 Å². The van der Waals surface area contributed by atoms with E-state index in [-0.39, 0.29) is 23.7 Å². The van der Waals surface area contributed by atoms with Crippen LogP contribution in [0.5, 0.6) is 0 Å². The van der Waals surface area contributed by atoms with Crippen LogP contribution in [0.3, 0.4) is 0 Å². The largest absolute Gasteiger partial charge is 0.444 e. The Hall–Kier alpha value is -4.00. The smallest absolute Gasteiger partial charge is 0.407 e. The van der Waals surface area contributed by atoms with Crippen LogP contribution in [0.4, 0.5) is 9.18 Å². The third kappa shape index (κ3) is 8.62. The highest BCUT2D eigenvalue weighted by molar-refractivity contribution is 6.07. The lowest BCUT2D eigenvalue weighted by Gasteiger charge is -2.48. The average molecular weight is 628 g/mol. The van der Waals surface area contributed by atoms with E-state index in [2.05, 4.69) is 21.2 Å². The molecule has 2 heterocycles. The van der Waals surface area contributed by atoms with Crippen LogP contribution in [0.2, 0.25) is 0 Å². The SMILES string of the molecule is CN(C[C@@H](CCN1CC(N2CCC(CNC(=O)OC(C)(C)C)CC2)C1)c1ccc(F)cc1)C(=O)c1cc(C#N)cc2ccccc12. The Balaban J connectivity index is 1.13. The molecule has 2 amide bonds. The molecule has 2 fully saturated rings. The molecule has 5 rings (SSSR count). The van der Waals surface area contributed by atoms with Gasteiger partial charge < -0.3 is 19.9 Å². The Morgan fingerprint density at radius 1 is 1.09 bits per heavy atom. The second kappa shape index (κ2) is 14.6. The van der Waals surface area contributed by atoms with Crippen LogP contribution in [-0.2, 0) is 4.74 Å². The maximum Gasteiger partial charge on any atom is 0.407 e. The van der Waals surface area contributed by atoms with Gasteiger partial charge in [-0.15, -0.1) is 0 Å². The first kappa shape index (κ1) is 33.4. The minimum Gasteiger partial charge on any atom is -0.444 e. The van der Waals surface area contributed by atoms with Gasteiger partial charge in [-0.05, 0) is 106 Å². The molecule has 0 aromatic heterocycles. The number of alkyl carbamates (subject to hydrolysis) is 1. The number of likely N-dealkylation sites (N-methyl/N-ethyl adjacent to an activating group) is 1. The van der Waals surface area contributed by atoms with E-state index in [9.17, 15) is 19.2 Å². The highest BCUT2D eigenvalue weighted by Crippen LogP contribution is 2.28. The van der Waals surface area contributed by atoms with Gasteiger partial charge in [0.2, 0.25) is 0 Å². The molecule has 0 spiro atoms. The summed E-state index contributed by atoms with van der Waals surface area (Å²) >= 11 is 0. The molecule has 2 aliphatic heterocycles. The summed E-state index contributed by atoms with van der Waals surface area (Å²) in [5.41, 5.74) is 1.50. The molecule has 3 aromatic carbocycles. The van der Waals surface area contributed by atoms with Gasteiger partial charge in [0.25, 0.3) is 5.91 Å². The molecular weight excluding hydrogens is 581 g/mol. The summed E-state index contributed by atoms with van der Waals surface area (Å²) in [6.07, 6.45) is 2.62. The molecule has 0 saturated carbocycles. The van der Waals surface area contributed by atoms with E-state index in [1.807, 2.05) is 57.2 Å². The number of nitrogens with one attached hydrogen (secondary N) is 1. The lowest BCUT2D eigenvalue weighted by Crippen LogP contribution is -2.61. The standard InChI is InChI=1S/C37H46FN5O3/c1-37(2,3)46-36(45)40-22-26-13-17-43(18-14-26)32-24-42(25-32)16-15-30(28-9-11-31(38)12-10-28)23-41(4)35(44)34-20-27(21-39)19-29-7-5-6-8-33(29)34/h5-12,19-20,26,30,32H,13-18,22-25H2,1-4H3,(H,40,45)/t30-/m1/s1. The van der Waals surface area contributed by atoms with E-state index in [0.717, 1.165) is 68.3 Å². The molecule has 3 aromatic rings. The highest BCUT2D eigenvalue weighted by atomic mass is 19.1. The number of likely N-dealkylation sites (tertiary alicyclic amines) is 2. The summed E-state index contributed by atoms with van der Waals surface area (Å²) in [7, 11) is 1.80. The number of fused-ring (bicyclic) bond motifs is 1. The van der Waals surface area contributed by atoms with E-state index in [0.29, 0.717) is 36.2 Å². The molecular formula is C37H46FN5O3. The van der Waals surface area contributed by atoms with Crippen molar-refractivity contribution in [3.63, 3.8) is 0 Å². The zero-order valence-corrected chi connectivity index (χ0v) is 27.5. The van der Waals surface area contributed by atoms with Crippen LogP contribution in [0.1, 0.15) is 67.4 Å². The predicted octanol–water partition coefficient (Wildman–Crippen LogP) is 6.02. The summed E-state index contributed by atoms with van der Waals surface area (Å²) in [5.74, 6) is 0.0968. The Morgan fingerprint density at radius 2 is 1.78 bits per heavy atom. The quantitative estimate of drug-likeness (QED) is 0.296. The first-order valence-electron chi connectivity index (χ1n) is 16.4. The summed E-state index contributed by atoms with van der Waals surface area (Å²) in [4.78, 5) is 32.5. The monoisotopic (exact) mass is 627 g/mol. The van der Waals surface area contributed by atoms with E-state index in [1.165, 1.54) is 12.1 Å². The van der Waals surface area contributed by atoms with Crippen molar-refractivity contribution >= 4 is 22.8 Å². The predicted molar refractivity (Wildman–Crippen MR) is 178 cm³/mol. The molecule has 1 N–H and O–H groups in total. The fourth-order valence-electron chi connectivity index (χ4n) is 6.63. The molecule has 0 aliphatic carbocycles. The van der Waals surface area contributed by atoms with Crippen molar-refractivity contribution in [3.8, 4) is 6.07 Å². The van der Waals surface area contributed by atoms with E-state index < -0.39 is 5.60 Å². The third-order valence-electron chi connectivity index (χ3n) is 9.23. The van der Waals surface area contributed by atoms with Crippen molar-refractivity contribution in [2.45, 2.75) is 57.6 Å². The van der Waals surface area contributed by atoms with Crippen molar-refractivity contribution in [1.29, 1.82) is 5.26 Å². The lowest BCUT2D eigenvalue weighted by molar-refractivity contribution is 0.0120. The summed E-state index contributed by atoms with van der Waals surface area (Å²) in [6.45, 7) is 11.7. The first-order chi connectivity index (χ1) is 22.0. The Labute approximate surface area is 272 Å². The molecule has 2 saturated heterocycles. The Morgan fingerprint density at radius 3 is 2.46 bits per heavy atom. The number of ether oxygens (including phenoxy) is 1. The minimum atomic E-state index is -0.490. The van der Waals surface area contributed by atoms with E-state index in [4.69, 9.17) is 4.74 Å². The second-order valence-electron chi connectivity index (χ2n) is 13.9. The summed E-state index contributed by atoms with van der Waals surface area (Å²) < 4.78 is 19.2. The maximum absolute atomic E-state index is 13.8. The maximum atomic E-state index is 13.8. The number of nitriles is 1. The molecule has 0 unspecified atom stereocenters. The Kier molecular flexibility index (Phi) is 10.6. The van der Waals surface area contributed by atoms with Gasteiger partial charge >= 0.3 is 6.09 Å².